The van der Waals surface area contributed by atoms with Gasteiger partial charge in [-0.05, 0) is 40.5 Å². The van der Waals surface area contributed by atoms with Crippen LogP contribution in [0.3, 0.4) is 0 Å². The van der Waals surface area contributed by atoms with Crippen LogP contribution in [0, 0.1) is 13.8 Å². The minimum absolute atomic E-state index is 0.556. The van der Waals surface area contributed by atoms with Crippen LogP contribution in [0.25, 0.3) is 0 Å². The molecule has 1 saturated heterocycles. The fraction of sp³-hybridized carbons (Fsp3) is 0.692. The Bertz CT molecular complexity index is 381. The highest BCUT2D eigenvalue weighted by Crippen LogP contribution is 2.23. The Hall–Kier alpha value is -1.16. The van der Waals surface area contributed by atoms with E-state index in [4.69, 9.17) is 0 Å². The molecule has 94 valence electrons. The molecular formula is C13H22N4. The van der Waals surface area contributed by atoms with Gasteiger partial charge in [0.1, 0.15) is 0 Å². The van der Waals surface area contributed by atoms with Gasteiger partial charge in [-0.25, -0.2) is 9.99 Å². The molecule has 4 nitrogen and oxygen atoms in total. The maximum Gasteiger partial charge on any atom is 0.162 e. The van der Waals surface area contributed by atoms with Crippen molar-refractivity contribution < 1.29 is 0 Å². The number of hydrazine groups is 1. The number of hydrogen-bond donors (Lipinski definition) is 1. The van der Waals surface area contributed by atoms with Crippen molar-refractivity contribution in [1.82, 2.24) is 15.0 Å². The van der Waals surface area contributed by atoms with Crippen molar-refractivity contribution in [2.75, 3.05) is 5.43 Å². The van der Waals surface area contributed by atoms with Gasteiger partial charge >= 0.3 is 0 Å². The molecular weight excluding hydrogens is 212 g/mol. The molecule has 0 amide bonds. The fourth-order valence-electron chi connectivity index (χ4n) is 2.41. The van der Waals surface area contributed by atoms with E-state index < -0.39 is 0 Å². The molecule has 0 bridgehead atoms. The molecule has 1 aliphatic heterocycles. The smallest absolute Gasteiger partial charge is 0.162 e. The van der Waals surface area contributed by atoms with Crippen molar-refractivity contribution in [3.63, 3.8) is 0 Å². The Labute approximate surface area is 103 Å². The lowest BCUT2D eigenvalue weighted by Gasteiger charge is -2.39. The lowest BCUT2D eigenvalue weighted by Crippen LogP contribution is -2.47. The minimum atomic E-state index is 0.556. The maximum atomic E-state index is 4.52. The average molecular weight is 234 g/mol. The summed E-state index contributed by atoms with van der Waals surface area (Å²) in [6.45, 7) is 8.50. The molecule has 1 fully saturated rings. The largest absolute Gasteiger partial charge is 0.301 e. The molecule has 2 atom stereocenters. The number of nitrogens with zero attached hydrogens (tertiary/aromatic N) is 3. The van der Waals surface area contributed by atoms with Gasteiger partial charge in [-0.1, -0.05) is 6.42 Å². The van der Waals surface area contributed by atoms with Crippen LogP contribution in [-0.4, -0.2) is 27.1 Å². The van der Waals surface area contributed by atoms with Crippen molar-refractivity contribution in [2.24, 2.45) is 0 Å². The van der Waals surface area contributed by atoms with E-state index in [-0.39, 0.29) is 0 Å². The summed E-state index contributed by atoms with van der Waals surface area (Å²) in [4.78, 5) is 8.86. The monoisotopic (exact) mass is 234 g/mol. The van der Waals surface area contributed by atoms with Gasteiger partial charge in [-0.15, -0.1) is 0 Å². The number of rotatable bonds is 2. The number of anilines is 1. The third-order valence-electron chi connectivity index (χ3n) is 3.50. The zero-order valence-electron chi connectivity index (χ0n) is 11.2. The second-order valence-corrected chi connectivity index (χ2v) is 5.09. The quantitative estimate of drug-likeness (QED) is 0.854. The Kier molecular flexibility index (Phi) is 3.62. The summed E-state index contributed by atoms with van der Waals surface area (Å²) in [5, 5.41) is 2.32. The Morgan fingerprint density at radius 3 is 2.53 bits per heavy atom. The summed E-state index contributed by atoms with van der Waals surface area (Å²) in [5.74, 6) is 0.894. The van der Waals surface area contributed by atoms with E-state index in [1.165, 1.54) is 19.3 Å². The van der Waals surface area contributed by atoms with Crippen LogP contribution < -0.4 is 5.43 Å². The number of aryl methyl sites for hydroxylation is 2. The van der Waals surface area contributed by atoms with Crippen molar-refractivity contribution in [1.29, 1.82) is 0 Å². The third-order valence-corrected chi connectivity index (χ3v) is 3.50. The molecule has 0 spiro atoms. The Balaban J connectivity index is 2.16. The molecule has 1 N–H and O–H groups in total. The number of aromatic nitrogens is 2. The van der Waals surface area contributed by atoms with Gasteiger partial charge in [0.2, 0.25) is 0 Å². The first kappa shape index (κ1) is 12.3. The molecule has 2 unspecified atom stereocenters. The molecule has 1 aromatic heterocycles. The molecule has 0 aliphatic carbocycles. The van der Waals surface area contributed by atoms with Gasteiger partial charge in [0, 0.05) is 18.3 Å². The van der Waals surface area contributed by atoms with Gasteiger partial charge in [-0.3, -0.25) is 4.98 Å². The molecule has 0 saturated carbocycles. The highest BCUT2D eigenvalue weighted by Gasteiger charge is 2.25. The normalized spacial score (nSPS) is 25.9. The zero-order chi connectivity index (χ0) is 12.4. The van der Waals surface area contributed by atoms with Gasteiger partial charge in [-0.2, -0.15) is 0 Å². The molecule has 4 heteroatoms. The van der Waals surface area contributed by atoms with E-state index in [2.05, 4.69) is 34.3 Å². The van der Waals surface area contributed by atoms with E-state index in [1.807, 2.05) is 20.0 Å². The van der Waals surface area contributed by atoms with Crippen molar-refractivity contribution in [2.45, 2.75) is 59.0 Å². The first-order valence-corrected chi connectivity index (χ1v) is 6.43. The Morgan fingerprint density at radius 2 is 1.88 bits per heavy atom. The lowest BCUT2D eigenvalue weighted by atomic mass is 10.00. The van der Waals surface area contributed by atoms with Crippen molar-refractivity contribution in [3.05, 3.63) is 17.6 Å². The molecule has 2 heterocycles. The van der Waals surface area contributed by atoms with Crippen molar-refractivity contribution in [3.8, 4) is 0 Å². The highest BCUT2D eigenvalue weighted by atomic mass is 15.5. The van der Waals surface area contributed by atoms with E-state index in [0.717, 1.165) is 17.2 Å². The van der Waals surface area contributed by atoms with E-state index in [1.54, 1.807) is 0 Å². The summed E-state index contributed by atoms with van der Waals surface area (Å²) in [6.07, 6.45) is 5.62. The van der Waals surface area contributed by atoms with Crippen LogP contribution in [-0.2, 0) is 0 Å². The third kappa shape index (κ3) is 2.75. The zero-order valence-corrected chi connectivity index (χ0v) is 11.2. The summed E-state index contributed by atoms with van der Waals surface area (Å²) < 4.78 is 0. The van der Waals surface area contributed by atoms with E-state index >= 15 is 0 Å². The van der Waals surface area contributed by atoms with Gasteiger partial charge in [0.15, 0.2) is 5.82 Å². The molecule has 1 aromatic rings. The molecule has 17 heavy (non-hydrogen) atoms. The highest BCUT2D eigenvalue weighted by molar-refractivity contribution is 5.38. The number of hydrogen-bond acceptors (Lipinski definition) is 4. The first-order chi connectivity index (χ1) is 8.08. The summed E-state index contributed by atoms with van der Waals surface area (Å²) in [5.41, 5.74) is 5.36. The van der Waals surface area contributed by atoms with Gasteiger partial charge < -0.3 is 5.43 Å². The molecule has 0 aromatic carbocycles. The fourth-order valence-corrected chi connectivity index (χ4v) is 2.41. The molecule has 0 radical (unpaired) electrons. The summed E-state index contributed by atoms with van der Waals surface area (Å²) in [6, 6.07) is 1.11. The number of nitrogens with one attached hydrogen (secondary N) is 1. The van der Waals surface area contributed by atoms with Crippen LogP contribution in [0.5, 0.6) is 0 Å². The topological polar surface area (TPSA) is 41.1 Å². The standard InChI is InChI=1S/C13H22N4/c1-9-8-14-12(4)13(15-9)16-17-10(2)6-5-7-11(17)3/h8,10-11H,5-7H2,1-4H3,(H,15,16). The van der Waals surface area contributed by atoms with Gasteiger partial charge in [0.25, 0.3) is 0 Å². The summed E-state index contributed by atoms with van der Waals surface area (Å²) in [7, 11) is 0. The van der Waals surface area contributed by atoms with Crippen LogP contribution in [0.15, 0.2) is 6.20 Å². The Morgan fingerprint density at radius 1 is 1.24 bits per heavy atom. The van der Waals surface area contributed by atoms with Crippen LogP contribution in [0.1, 0.15) is 44.5 Å². The molecule has 1 aliphatic rings. The van der Waals surface area contributed by atoms with E-state index in [0.29, 0.717) is 12.1 Å². The van der Waals surface area contributed by atoms with Crippen LogP contribution >= 0.6 is 0 Å². The van der Waals surface area contributed by atoms with Crippen molar-refractivity contribution >= 4 is 5.82 Å². The predicted molar refractivity (Wildman–Crippen MR) is 69.7 cm³/mol. The second-order valence-electron chi connectivity index (χ2n) is 5.09. The predicted octanol–water partition coefficient (Wildman–Crippen LogP) is 2.68. The van der Waals surface area contributed by atoms with Crippen LogP contribution in [0.2, 0.25) is 0 Å². The maximum absolute atomic E-state index is 4.52. The first-order valence-electron chi connectivity index (χ1n) is 6.43. The second kappa shape index (κ2) is 5.00. The SMILES string of the molecule is Cc1cnc(C)c(NN2C(C)CCCC2C)n1. The molecule has 2 rings (SSSR count). The van der Waals surface area contributed by atoms with E-state index in [9.17, 15) is 0 Å². The average Bonchev–Trinajstić information content (AvgIpc) is 2.28. The van der Waals surface area contributed by atoms with Crippen LogP contribution in [0.4, 0.5) is 5.82 Å². The minimum Gasteiger partial charge on any atom is -0.301 e. The van der Waals surface area contributed by atoms with Gasteiger partial charge in [0.05, 0.1) is 11.4 Å². The number of piperidine rings is 1. The summed E-state index contributed by atoms with van der Waals surface area (Å²) >= 11 is 0. The lowest BCUT2D eigenvalue weighted by molar-refractivity contribution is 0.135.